The van der Waals surface area contributed by atoms with Crippen LogP contribution in [0.2, 0.25) is 3.63 Å². The summed E-state index contributed by atoms with van der Waals surface area (Å²) in [6.07, 6.45) is 13.7. The summed E-state index contributed by atoms with van der Waals surface area (Å²) in [4.78, 5) is 0. The summed E-state index contributed by atoms with van der Waals surface area (Å²) in [6.45, 7) is 2.22. The fourth-order valence-corrected chi connectivity index (χ4v) is 14.2. The predicted molar refractivity (Wildman–Crippen MR) is 98.5 cm³/mol. The van der Waals surface area contributed by atoms with Gasteiger partial charge in [-0.25, -0.2) is 0 Å². The third kappa shape index (κ3) is 3.58. The van der Waals surface area contributed by atoms with Gasteiger partial charge in [0.2, 0.25) is 0 Å². The van der Waals surface area contributed by atoms with Crippen molar-refractivity contribution >= 4 is 25.0 Å². The number of rotatable bonds is 3. The SMILES string of the molecule is C[C@H]1C=C(C#N)C=C[CH]1[Bi]([C]1=CC[C@H](C#N)C=C1)[c]1ccccc1. The number of nitrogens with zero attached hydrogens (tertiary/aromatic N) is 2. The summed E-state index contributed by atoms with van der Waals surface area (Å²) >= 11 is -2.26. The van der Waals surface area contributed by atoms with Gasteiger partial charge in [-0.1, -0.05) is 0 Å². The summed E-state index contributed by atoms with van der Waals surface area (Å²) in [7, 11) is 0. The molecule has 0 N–H and O–H groups in total. The van der Waals surface area contributed by atoms with Gasteiger partial charge in [0.1, 0.15) is 0 Å². The van der Waals surface area contributed by atoms with Crippen LogP contribution >= 0.6 is 0 Å². The first kappa shape index (κ1) is 16.9. The third-order valence-corrected chi connectivity index (χ3v) is 16.0. The van der Waals surface area contributed by atoms with Gasteiger partial charge in [-0.2, -0.15) is 0 Å². The van der Waals surface area contributed by atoms with E-state index < -0.39 is 21.8 Å². The van der Waals surface area contributed by atoms with Crippen LogP contribution in [-0.2, 0) is 0 Å². The fourth-order valence-electron chi connectivity index (χ4n) is 3.18. The standard InChI is InChI=1S/C8H8N.C7H6N.C6H5.Bi/c1-7-3-2-4-8(5-7)6-9;8-6-7-4-2-1-3-5-7;1-2-4-6-5-3-1;/h2-5,7H,1H3;2-4,7H,5H2;1-5H;/t2*7-;;/m11../s1. The first-order valence-corrected chi connectivity index (χ1v) is 13.6. The van der Waals surface area contributed by atoms with E-state index >= 15 is 0 Å². The Morgan fingerprint density at radius 3 is 2.46 bits per heavy atom. The number of benzene rings is 1. The zero-order valence-corrected chi connectivity index (χ0v) is 17.1. The molecule has 0 bridgehead atoms. The molecule has 0 saturated carbocycles. The molecule has 3 heteroatoms. The molecule has 24 heavy (non-hydrogen) atoms. The Balaban J connectivity index is 1.97. The normalized spacial score (nSPS) is 25.6. The summed E-state index contributed by atoms with van der Waals surface area (Å²) in [5, 5.41) is 18.3. The fraction of sp³-hybridized carbons (Fsp3) is 0.238. The van der Waals surface area contributed by atoms with Crippen molar-refractivity contribution in [2.75, 3.05) is 0 Å². The Morgan fingerprint density at radius 1 is 1.08 bits per heavy atom. The zero-order chi connectivity index (χ0) is 16.9. The van der Waals surface area contributed by atoms with Crippen molar-refractivity contribution in [1.29, 1.82) is 10.5 Å². The van der Waals surface area contributed by atoms with Crippen molar-refractivity contribution in [2.24, 2.45) is 11.8 Å². The van der Waals surface area contributed by atoms with E-state index in [1.807, 2.05) is 6.08 Å². The van der Waals surface area contributed by atoms with Gasteiger partial charge in [-0.3, -0.25) is 0 Å². The van der Waals surface area contributed by atoms with Gasteiger partial charge in [-0.05, 0) is 0 Å². The van der Waals surface area contributed by atoms with E-state index in [9.17, 15) is 0 Å². The summed E-state index contributed by atoms with van der Waals surface area (Å²) in [5.74, 6) is 0.394. The van der Waals surface area contributed by atoms with Crippen LogP contribution in [0.3, 0.4) is 0 Å². The molecule has 1 unspecified atom stereocenters. The molecule has 0 radical (unpaired) electrons. The molecule has 2 nitrogen and oxygen atoms in total. The van der Waals surface area contributed by atoms with Crippen LogP contribution in [0.4, 0.5) is 0 Å². The van der Waals surface area contributed by atoms with Crippen molar-refractivity contribution in [3.8, 4) is 12.1 Å². The summed E-state index contributed by atoms with van der Waals surface area (Å²) in [5.41, 5.74) is 0.772. The topological polar surface area (TPSA) is 47.6 Å². The molecule has 0 heterocycles. The van der Waals surface area contributed by atoms with E-state index in [2.05, 4.69) is 79.8 Å². The Hall–Kier alpha value is -1.96. The average Bonchev–Trinajstić information content (AvgIpc) is 2.64. The summed E-state index contributed by atoms with van der Waals surface area (Å²) < 4.78 is 3.46. The monoisotopic (exact) mass is 508 g/mol. The van der Waals surface area contributed by atoms with E-state index in [-0.39, 0.29) is 5.92 Å². The minimum absolute atomic E-state index is 0.0137. The molecule has 1 aromatic rings. The van der Waals surface area contributed by atoms with E-state index in [0.29, 0.717) is 9.54 Å². The molecule has 0 spiro atoms. The molecule has 0 saturated heterocycles. The molecule has 0 aliphatic heterocycles. The maximum absolute atomic E-state index is 9.15. The Kier molecular flexibility index (Phi) is 5.45. The molecule has 118 valence electrons. The van der Waals surface area contributed by atoms with Gasteiger partial charge < -0.3 is 0 Å². The molecule has 0 aromatic heterocycles. The van der Waals surface area contributed by atoms with Crippen molar-refractivity contribution in [3.63, 3.8) is 0 Å². The quantitative estimate of drug-likeness (QED) is 0.581. The molecule has 1 aromatic carbocycles. The number of hydrogen-bond acceptors (Lipinski definition) is 2. The van der Waals surface area contributed by atoms with Gasteiger partial charge in [0.25, 0.3) is 0 Å². The van der Waals surface area contributed by atoms with Crippen LogP contribution in [0.5, 0.6) is 0 Å². The maximum atomic E-state index is 9.15. The predicted octanol–water partition coefficient (Wildman–Crippen LogP) is 3.98. The van der Waals surface area contributed by atoms with Gasteiger partial charge in [0, 0.05) is 0 Å². The second-order valence-corrected chi connectivity index (χ2v) is 15.3. The van der Waals surface area contributed by atoms with Crippen LogP contribution in [0.1, 0.15) is 13.3 Å². The first-order valence-electron chi connectivity index (χ1n) is 8.15. The van der Waals surface area contributed by atoms with E-state index in [4.69, 9.17) is 10.5 Å². The van der Waals surface area contributed by atoms with Gasteiger partial charge in [0.15, 0.2) is 0 Å². The third-order valence-electron chi connectivity index (χ3n) is 4.44. The molecular weight excluding hydrogens is 489 g/mol. The number of hydrogen-bond donors (Lipinski definition) is 0. The summed E-state index contributed by atoms with van der Waals surface area (Å²) in [6, 6.07) is 15.4. The van der Waals surface area contributed by atoms with E-state index in [1.54, 1.807) is 0 Å². The Morgan fingerprint density at radius 2 is 1.88 bits per heavy atom. The molecule has 2 aliphatic carbocycles. The average molecular weight is 508 g/mol. The van der Waals surface area contributed by atoms with Crippen LogP contribution in [0.15, 0.2) is 75.6 Å². The van der Waals surface area contributed by atoms with Crippen LogP contribution < -0.4 is 3.27 Å². The molecule has 3 atom stereocenters. The van der Waals surface area contributed by atoms with Crippen molar-refractivity contribution < 1.29 is 0 Å². The van der Waals surface area contributed by atoms with Gasteiger partial charge in [-0.15, -0.1) is 0 Å². The number of nitriles is 2. The molecule has 0 amide bonds. The minimum atomic E-state index is -2.26. The molecule has 0 fully saturated rings. The van der Waals surface area contributed by atoms with E-state index in [1.165, 1.54) is 6.55 Å². The van der Waals surface area contributed by atoms with Crippen molar-refractivity contribution in [2.45, 2.75) is 17.0 Å². The number of allylic oxidation sites excluding steroid dienone is 8. The van der Waals surface area contributed by atoms with Crippen LogP contribution in [-0.4, -0.2) is 21.8 Å². The van der Waals surface area contributed by atoms with Gasteiger partial charge >= 0.3 is 152 Å². The molecule has 2 aliphatic rings. The second kappa shape index (κ2) is 7.74. The van der Waals surface area contributed by atoms with Gasteiger partial charge in [0.05, 0.1) is 0 Å². The van der Waals surface area contributed by atoms with Crippen molar-refractivity contribution in [3.05, 3.63) is 75.6 Å². The Bertz CT molecular complexity index is 802. The molecular formula is C21H19BiN2. The molecule has 3 rings (SSSR count). The zero-order valence-electron chi connectivity index (χ0n) is 13.6. The van der Waals surface area contributed by atoms with Crippen LogP contribution in [0, 0.1) is 34.5 Å². The van der Waals surface area contributed by atoms with E-state index in [0.717, 1.165) is 12.0 Å². The van der Waals surface area contributed by atoms with Crippen molar-refractivity contribution in [1.82, 2.24) is 0 Å². The first-order chi connectivity index (χ1) is 11.7. The van der Waals surface area contributed by atoms with Crippen LogP contribution in [0.25, 0.3) is 0 Å². The Labute approximate surface area is 151 Å². The second-order valence-electron chi connectivity index (χ2n) is 6.11.